The van der Waals surface area contributed by atoms with Crippen molar-refractivity contribution in [2.75, 3.05) is 32.5 Å². The molecule has 2 aromatic carbocycles. The van der Waals surface area contributed by atoms with Gasteiger partial charge in [0, 0.05) is 29.1 Å². The van der Waals surface area contributed by atoms with Crippen LogP contribution in [0, 0.1) is 5.92 Å². The predicted octanol–water partition coefficient (Wildman–Crippen LogP) is 5.23. The fourth-order valence-electron chi connectivity index (χ4n) is 4.72. The van der Waals surface area contributed by atoms with Crippen LogP contribution < -0.4 is 4.74 Å². The second-order valence-electron chi connectivity index (χ2n) is 8.82. The van der Waals surface area contributed by atoms with Crippen molar-refractivity contribution in [3.05, 3.63) is 66.4 Å². The molecule has 0 radical (unpaired) electrons. The largest absolute Gasteiger partial charge is 0.506 e. The molecule has 2 heterocycles. The second-order valence-corrected chi connectivity index (χ2v) is 9.98. The maximum atomic E-state index is 11.4. The number of carboxylic acid groups (broad SMARTS) is 1. The second kappa shape index (κ2) is 12.2. The summed E-state index contributed by atoms with van der Waals surface area (Å²) in [6.07, 6.45) is 1.38. The molecule has 1 aliphatic heterocycles. The molecule has 7 nitrogen and oxygen atoms in total. The third-order valence-corrected chi connectivity index (χ3v) is 7.58. The summed E-state index contributed by atoms with van der Waals surface area (Å²) in [6, 6.07) is 17.9. The topological polar surface area (TPSA) is 92.1 Å². The Morgan fingerprint density at radius 2 is 2.06 bits per heavy atom. The first-order chi connectivity index (χ1) is 17.0. The van der Waals surface area contributed by atoms with Gasteiger partial charge in [-0.05, 0) is 61.6 Å². The van der Waals surface area contributed by atoms with Crippen LogP contribution in [0.15, 0.2) is 65.7 Å². The number of methoxy groups -OCH3 is 1. The minimum Gasteiger partial charge on any atom is -0.495 e. The minimum absolute atomic E-state index is 0.0708. The lowest BCUT2D eigenvalue weighted by Gasteiger charge is -2.37. The van der Waals surface area contributed by atoms with E-state index in [4.69, 9.17) is 9.47 Å². The van der Waals surface area contributed by atoms with Gasteiger partial charge in [0.05, 0.1) is 24.9 Å². The Morgan fingerprint density at radius 1 is 1.23 bits per heavy atom. The number of aromatic nitrogens is 1. The summed E-state index contributed by atoms with van der Waals surface area (Å²) in [5, 5.41) is 21.2. The molecule has 0 aliphatic carbocycles. The molecule has 1 saturated heterocycles. The van der Waals surface area contributed by atoms with Crippen molar-refractivity contribution < 1.29 is 24.5 Å². The molecule has 4 rings (SSSR count). The highest BCUT2D eigenvalue weighted by Gasteiger charge is 2.32. The lowest BCUT2D eigenvalue weighted by molar-refractivity contribution is -0.0223. The fraction of sp³-hybridized carbons (Fsp3) is 0.407. The van der Waals surface area contributed by atoms with Gasteiger partial charge in [0.15, 0.2) is 0 Å². The maximum absolute atomic E-state index is 11.4. The molecule has 1 unspecified atom stereocenters. The number of ether oxygens (including phenoxy) is 2. The molecule has 2 N–H and O–H groups in total. The zero-order chi connectivity index (χ0) is 24.6. The first-order valence-electron chi connectivity index (χ1n) is 11.9. The fourth-order valence-corrected chi connectivity index (χ4v) is 5.65. The zero-order valence-electron chi connectivity index (χ0n) is 19.9. The highest BCUT2D eigenvalue weighted by atomic mass is 32.2. The van der Waals surface area contributed by atoms with Gasteiger partial charge < -0.3 is 19.7 Å². The molecule has 0 amide bonds. The summed E-state index contributed by atoms with van der Waals surface area (Å²) in [5.74, 6) is 1.65. The van der Waals surface area contributed by atoms with Gasteiger partial charge in [-0.3, -0.25) is 9.88 Å². The Labute approximate surface area is 210 Å². The normalized spacial score (nSPS) is 19.4. The van der Waals surface area contributed by atoms with E-state index in [-0.39, 0.29) is 5.92 Å². The number of nitrogens with zero attached hydrogens (tertiary/aromatic N) is 2. The Kier molecular flexibility index (Phi) is 8.84. The number of piperidine rings is 1. The lowest BCUT2D eigenvalue weighted by Crippen LogP contribution is -2.46. The van der Waals surface area contributed by atoms with E-state index in [2.05, 4.69) is 22.0 Å². The van der Waals surface area contributed by atoms with Gasteiger partial charge in [-0.25, -0.2) is 4.79 Å². The van der Waals surface area contributed by atoms with E-state index in [0.29, 0.717) is 25.1 Å². The van der Waals surface area contributed by atoms with Crippen molar-refractivity contribution >= 4 is 28.8 Å². The van der Waals surface area contributed by atoms with Crippen molar-refractivity contribution in [3.63, 3.8) is 0 Å². The molecule has 3 atom stereocenters. The van der Waals surface area contributed by atoms with E-state index in [0.717, 1.165) is 41.7 Å². The molecule has 1 aromatic heterocycles. The Bertz CT molecular complexity index is 1110. The van der Waals surface area contributed by atoms with Crippen LogP contribution in [0.1, 0.15) is 30.9 Å². The number of aliphatic hydroxyl groups excluding tert-OH is 1. The van der Waals surface area contributed by atoms with E-state index >= 15 is 0 Å². The van der Waals surface area contributed by atoms with Gasteiger partial charge in [0.2, 0.25) is 0 Å². The average Bonchev–Trinajstić information content (AvgIpc) is 2.87. The van der Waals surface area contributed by atoms with Crippen molar-refractivity contribution in [2.24, 2.45) is 5.92 Å². The van der Waals surface area contributed by atoms with Gasteiger partial charge in [0.25, 0.3) is 0 Å². The minimum atomic E-state index is -1.24. The van der Waals surface area contributed by atoms with E-state index in [9.17, 15) is 15.0 Å². The van der Waals surface area contributed by atoms with Gasteiger partial charge in [0.1, 0.15) is 11.9 Å². The molecule has 0 spiro atoms. The smallest absolute Gasteiger partial charge is 0.495 e. The average molecular weight is 497 g/mol. The summed E-state index contributed by atoms with van der Waals surface area (Å²) >= 11 is 1.80. The third kappa shape index (κ3) is 6.87. The SMILES string of the molecule is COc1cnc2cccc(C(O)CC[C@@H]3CCN(CCSc4ccccc4)C[C@@H]3OC(=O)O)c2c1. The summed E-state index contributed by atoms with van der Waals surface area (Å²) < 4.78 is 10.6. The summed E-state index contributed by atoms with van der Waals surface area (Å²) in [6.45, 7) is 2.35. The van der Waals surface area contributed by atoms with Crippen LogP contribution in [0.5, 0.6) is 5.75 Å². The van der Waals surface area contributed by atoms with Crippen LogP contribution >= 0.6 is 11.8 Å². The number of aliphatic hydroxyl groups is 1. The number of hydrogen-bond donors (Lipinski definition) is 2. The first-order valence-corrected chi connectivity index (χ1v) is 12.9. The molecule has 0 saturated carbocycles. The molecule has 186 valence electrons. The highest BCUT2D eigenvalue weighted by Crippen LogP contribution is 2.32. The van der Waals surface area contributed by atoms with Crippen LogP contribution in [0.3, 0.4) is 0 Å². The number of benzene rings is 2. The number of carbonyl (C=O) groups is 1. The number of hydrogen-bond acceptors (Lipinski definition) is 7. The predicted molar refractivity (Wildman–Crippen MR) is 137 cm³/mol. The molecule has 3 aromatic rings. The monoisotopic (exact) mass is 496 g/mol. The number of pyridine rings is 1. The van der Waals surface area contributed by atoms with Crippen LogP contribution in [0.4, 0.5) is 4.79 Å². The van der Waals surface area contributed by atoms with Crippen molar-refractivity contribution in [1.82, 2.24) is 9.88 Å². The number of rotatable bonds is 10. The van der Waals surface area contributed by atoms with Gasteiger partial charge in [-0.2, -0.15) is 0 Å². The number of likely N-dealkylation sites (tertiary alicyclic amines) is 1. The Hall–Kier alpha value is -2.81. The summed E-state index contributed by atoms with van der Waals surface area (Å²) in [7, 11) is 1.59. The molecule has 0 bridgehead atoms. The molecule has 8 heteroatoms. The quantitative estimate of drug-likeness (QED) is 0.291. The highest BCUT2D eigenvalue weighted by molar-refractivity contribution is 7.99. The summed E-state index contributed by atoms with van der Waals surface area (Å²) in [5.41, 5.74) is 1.61. The van der Waals surface area contributed by atoms with E-state index in [1.54, 1.807) is 25.1 Å². The Balaban J connectivity index is 1.35. The summed E-state index contributed by atoms with van der Waals surface area (Å²) in [4.78, 5) is 19.3. The van der Waals surface area contributed by atoms with Crippen LogP contribution in [-0.4, -0.2) is 64.9 Å². The van der Waals surface area contributed by atoms with Gasteiger partial charge in [-0.15, -0.1) is 11.8 Å². The Morgan fingerprint density at radius 3 is 2.83 bits per heavy atom. The van der Waals surface area contributed by atoms with Crippen LogP contribution in [0.2, 0.25) is 0 Å². The van der Waals surface area contributed by atoms with Crippen LogP contribution in [-0.2, 0) is 4.74 Å². The number of thioether (sulfide) groups is 1. The van der Waals surface area contributed by atoms with Crippen molar-refractivity contribution in [3.8, 4) is 5.75 Å². The maximum Gasteiger partial charge on any atom is 0.506 e. The third-order valence-electron chi connectivity index (χ3n) is 6.59. The lowest BCUT2D eigenvalue weighted by atomic mass is 9.87. The van der Waals surface area contributed by atoms with Gasteiger partial charge in [-0.1, -0.05) is 30.3 Å². The zero-order valence-corrected chi connectivity index (χ0v) is 20.7. The van der Waals surface area contributed by atoms with Crippen molar-refractivity contribution in [2.45, 2.75) is 36.4 Å². The first kappa shape index (κ1) is 25.3. The van der Waals surface area contributed by atoms with Crippen LogP contribution in [0.25, 0.3) is 10.9 Å². The molecular formula is C27H32N2O5S. The van der Waals surface area contributed by atoms with Crippen molar-refractivity contribution in [1.29, 1.82) is 0 Å². The standard InChI is InChI=1S/C27H32N2O5S/c1-33-20-16-23-22(8-5-9-24(23)28-17-20)25(30)11-10-19-12-13-29(18-26(19)34-27(31)32)14-15-35-21-6-3-2-4-7-21/h2-9,16-17,19,25-26,30H,10-15,18H2,1H3,(H,31,32)/t19-,25?,26+/m1/s1. The molecular weight excluding hydrogens is 464 g/mol. The molecule has 1 fully saturated rings. The van der Waals surface area contributed by atoms with E-state index in [1.165, 1.54) is 4.90 Å². The molecule has 35 heavy (non-hydrogen) atoms. The molecule has 1 aliphatic rings. The number of fused-ring (bicyclic) bond motifs is 1. The van der Waals surface area contributed by atoms with E-state index in [1.807, 2.05) is 42.5 Å². The van der Waals surface area contributed by atoms with E-state index < -0.39 is 18.4 Å². The van der Waals surface area contributed by atoms with Gasteiger partial charge >= 0.3 is 6.16 Å².